The van der Waals surface area contributed by atoms with Gasteiger partial charge in [-0.2, -0.15) is 0 Å². The van der Waals surface area contributed by atoms with Crippen LogP contribution < -0.4 is 5.73 Å². The van der Waals surface area contributed by atoms with Crippen molar-refractivity contribution in [3.05, 3.63) is 35.1 Å². The van der Waals surface area contributed by atoms with Gasteiger partial charge in [0.2, 0.25) is 0 Å². The van der Waals surface area contributed by atoms with E-state index >= 15 is 0 Å². The zero-order valence-corrected chi connectivity index (χ0v) is 13.5. The van der Waals surface area contributed by atoms with E-state index in [4.69, 9.17) is 5.73 Å². The molecule has 0 aliphatic carbocycles. The lowest BCUT2D eigenvalue weighted by Crippen LogP contribution is -2.41. The summed E-state index contributed by atoms with van der Waals surface area (Å²) in [5.41, 5.74) is 7.84. The Labute approximate surface area is 127 Å². The normalized spacial score (nSPS) is 19.1. The molecule has 1 aliphatic heterocycles. The second kappa shape index (κ2) is 7.34. The average molecular weight is 293 g/mol. The fraction of sp³-hybridized carbons (Fsp3) is 0.647. The van der Waals surface area contributed by atoms with Crippen LogP contribution in [0.3, 0.4) is 0 Å². The van der Waals surface area contributed by atoms with Crippen LogP contribution in [0.5, 0.6) is 0 Å². The highest BCUT2D eigenvalue weighted by molar-refractivity contribution is 5.27. The fourth-order valence-corrected chi connectivity index (χ4v) is 3.33. The standard InChI is InChI=1S/C17H28FN3/c1-13-10-15(4-5-16(13)18)17(11-19)21-8-6-14(7-9-21)12-20(2)3/h4-5,10,14,17H,6-9,11-12,19H2,1-3H3. The first-order valence-corrected chi connectivity index (χ1v) is 7.86. The van der Waals surface area contributed by atoms with E-state index in [0.29, 0.717) is 12.1 Å². The summed E-state index contributed by atoms with van der Waals surface area (Å²) >= 11 is 0. The van der Waals surface area contributed by atoms with Crippen molar-refractivity contribution in [2.24, 2.45) is 11.7 Å². The summed E-state index contributed by atoms with van der Waals surface area (Å²) in [4.78, 5) is 4.73. The summed E-state index contributed by atoms with van der Waals surface area (Å²) in [6, 6.07) is 5.60. The van der Waals surface area contributed by atoms with Crippen LogP contribution in [0.2, 0.25) is 0 Å². The Morgan fingerprint density at radius 1 is 1.33 bits per heavy atom. The third kappa shape index (κ3) is 4.25. The van der Waals surface area contributed by atoms with E-state index in [-0.39, 0.29) is 11.9 Å². The van der Waals surface area contributed by atoms with Crippen molar-refractivity contribution in [1.29, 1.82) is 0 Å². The third-order valence-corrected chi connectivity index (χ3v) is 4.50. The number of nitrogens with two attached hydrogens (primary N) is 1. The molecule has 1 aromatic rings. The molecule has 1 heterocycles. The van der Waals surface area contributed by atoms with Gasteiger partial charge in [-0.15, -0.1) is 0 Å². The van der Waals surface area contributed by atoms with Gasteiger partial charge in [0.05, 0.1) is 0 Å². The highest BCUT2D eigenvalue weighted by Gasteiger charge is 2.25. The van der Waals surface area contributed by atoms with Crippen LogP contribution in [0.1, 0.15) is 30.0 Å². The van der Waals surface area contributed by atoms with E-state index in [9.17, 15) is 4.39 Å². The van der Waals surface area contributed by atoms with Crippen molar-refractivity contribution in [1.82, 2.24) is 9.80 Å². The average Bonchev–Trinajstić information content (AvgIpc) is 2.45. The van der Waals surface area contributed by atoms with Gasteiger partial charge in [-0.3, -0.25) is 4.90 Å². The number of rotatable bonds is 5. The molecule has 21 heavy (non-hydrogen) atoms. The first kappa shape index (κ1) is 16.4. The van der Waals surface area contributed by atoms with Gasteiger partial charge in [-0.1, -0.05) is 12.1 Å². The minimum Gasteiger partial charge on any atom is -0.329 e. The molecule has 1 saturated heterocycles. The van der Waals surface area contributed by atoms with Crippen LogP contribution in [0, 0.1) is 18.7 Å². The lowest BCUT2D eigenvalue weighted by atomic mass is 9.93. The molecule has 0 aromatic heterocycles. The first-order chi connectivity index (χ1) is 10.0. The van der Waals surface area contributed by atoms with Crippen LogP contribution in [0.25, 0.3) is 0 Å². The van der Waals surface area contributed by atoms with Crippen LogP contribution in [-0.4, -0.2) is 50.1 Å². The van der Waals surface area contributed by atoms with Gasteiger partial charge in [0.15, 0.2) is 0 Å². The predicted octanol–water partition coefficient (Wildman–Crippen LogP) is 2.41. The zero-order valence-electron chi connectivity index (χ0n) is 13.5. The molecular formula is C17H28FN3. The Bertz CT molecular complexity index is 453. The molecule has 4 heteroatoms. The fourth-order valence-electron chi connectivity index (χ4n) is 3.33. The largest absolute Gasteiger partial charge is 0.329 e. The summed E-state index contributed by atoms with van der Waals surface area (Å²) in [6.07, 6.45) is 2.43. The van der Waals surface area contributed by atoms with Crippen molar-refractivity contribution in [3.63, 3.8) is 0 Å². The summed E-state index contributed by atoms with van der Waals surface area (Å²) < 4.78 is 13.4. The molecule has 3 nitrogen and oxygen atoms in total. The maximum Gasteiger partial charge on any atom is 0.126 e. The van der Waals surface area contributed by atoms with E-state index in [1.807, 2.05) is 19.1 Å². The molecule has 2 N–H and O–H groups in total. The van der Waals surface area contributed by atoms with Gasteiger partial charge >= 0.3 is 0 Å². The third-order valence-electron chi connectivity index (χ3n) is 4.50. The molecule has 0 radical (unpaired) electrons. The SMILES string of the molecule is Cc1cc(C(CN)N2CCC(CN(C)C)CC2)ccc1F. The molecule has 0 amide bonds. The molecule has 1 fully saturated rings. The number of benzene rings is 1. The first-order valence-electron chi connectivity index (χ1n) is 7.86. The van der Waals surface area contributed by atoms with Crippen LogP contribution in [-0.2, 0) is 0 Å². The Balaban J connectivity index is 2.00. The number of piperidine rings is 1. The molecule has 1 aromatic carbocycles. The summed E-state index contributed by atoms with van der Waals surface area (Å²) in [6.45, 7) is 5.73. The van der Waals surface area contributed by atoms with Gasteiger partial charge in [-0.05, 0) is 70.1 Å². The second-order valence-corrected chi connectivity index (χ2v) is 6.50. The molecule has 1 atom stereocenters. The smallest absolute Gasteiger partial charge is 0.126 e. The van der Waals surface area contributed by atoms with Gasteiger partial charge in [-0.25, -0.2) is 4.39 Å². The molecule has 0 spiro atoms. The zero-order chi connectivity index (χ0) is 15.4. The van der Waals surface area contributed by atoms with Crippen molar-refractivity contribution in [3.8, 4) is 0 Å². The van der Waals surface area contributed by atoms with E-state index < -0.39 is 0 Å². The summed E-state index contributed by atoms with van der Waals surface area (Å²) in [5, 5.41) is 0. The Morgan fingerprint density at radius 2 is 2.00 bits per heavy atom. The molecule has 1 aliphatic rings. The predicted molar refractivity (Wildman–Crippen MR) is 85.8 cm³/mol. The molecule has 0 bridgehead atoms. The van der Waals surface area contributed by atoms with Crippen LogP contribution in [0.15, 0.2) is 18.2 Å². The Hall–Kier alpha value is -0.970. The number of likely N-dealkylation sites (tertiary alicyclic amines) is 1. The van der Waals surface area contributed by atoms with Crippen molar-refractivity contribution in [2.75, 3.05) is 40.3 Å². The molecule has 2 rings (SSSR count). The number of nitrogens with zero attached hydrogens (tertiary/aromatic N) is 2. The minimum atomic E-state index is -0.140. The van der Waals surface area contributed by atoms with Gasteiger partial charge < -0.3 is 10.6 Å². The monoisotopic (exact) mass is 293 g/mol. The minimum absolute atomic E-state index is 0.140. The molecule has 118 valence electrons. The maximum atomic E-state index is 13.4. The van der Waals surface area contributed by atoms with Crippen LogP contribution in [0.4, 0.5) is 4.39 Å². The topological polar surface area (TPSA) is 32.5 Å². The molecular weight excluding hydrogens is 265 g/mol. The number of halogens is 1. The number of hydrogen-bond acceptors (Lipinski definition) is 3. The second-order valence-electron chi connectivity index (χ2n) is 6.50. The molecule has 0 saturated carbocycles. The van der Waals surface area contributed by atoms with Crippen molar-refractivity contribution in [2.45, 2.75) is 25.8 Å². The lowest BCUT2D eigenvalue weighted by Gasteiger charge is -2.38. The van der Waals surface area contributed by atoms with E-state index in [1.54, 1.807) is 6.07 Å². The van der Waals surface area contributed by atoms with E-state index in [1.165, 1.54) is 12.8 Å². The maximum absolute atomic E-state index is 13.4. The Morgan fingerprint density at radius 3 is 2.52 bits per heavy atom. The molecule has 1 unspecified atom stereocenters. The lowest BCUT2D eigenvalue weighted by molar-refractivity contribution is 0.122. The number of aryl methyl sites for hydroxylation is 1. The van der Waals surface area contributed by atoms with Gasteiger partial charge in [0, 0.05) is 19.1 Å². The summed E-state index contributed by atoms with van der Waals surface area (Å²) in [5.74, 6) is 0.642. The Kier molecular flexibility index (Phi) is 5.73. The quantitative estimate of drug-likeness (QED) is 0.905. The van der Waals surface area contributed by atoms with Crippen LogP contribution >= 0.6 is 0 Å². The van der Waals surface area contributed by atoms with Gasteiger partial charge in [0.25, 0.3) is 0 Å². The van der Waals surface area contributed by atoms with Gasteiger partial charge in [0.1, 0.15) is 5.82 Å². The highest BCUT2D eigenvalue weighted by atomic mass is 19.1. The van der Waals surface area contributed by atoms with Crippen molar-refractivity contribution < 1.29 is 4.39 Å². The number of hydrogen-bond donors (Lipinski definition) is 1. The highest BCUT2D eigenvalue weighted by Crippen LogP contribution is 2.27. The van der Waals surface area contributed by atoms with E-state index in [0.717, 1.165) is 31.1 Å². The summed E-state index contributed by atoms with van der Waals surface area (Å²) in [7, 11) is 4.27. The van der Waals surface area contributed by atoms with Crippen molar-refractivity contribution >= 4 is 0 Å². The van der Waals surface area contributed by atoms with E-state index in [2.05, 4.69) is 23.9 Å².